The molecule has 1 saturated heterocycles. The molecule has 0 aliphatic carbocycles. The van der Waals surface area contributed by atoms with Crippen LogP contribution < -0.4 is 5.43 Å². The lowest BCUT2D eigenvalue weighted by Crippen LogP contribution is -2.45. The van der Waals surface area contributed by atoms with Gasteiger partial charge < -0.3 is 0 Å². The SMILES string of the molecule is CCCC[C@H](CN(O)C=O)C(=O)NN1CCCC1. The Bertz CT molecular complexity index is 267. The molecule has 0 bridgehead atoms. The molecule has 1 heterocycles. The van der Waals surface area contributed by atoms with Crippen molar-refractivity contribution in [3.8, 4) is 0 Å². The van der Waals surface area contributed by atoms with Crippen molar-refractivity contribution in [2.24, 2.45) is 5.92 Å². The predicted octanol–water partition coefficient (Wildman–Crippen LogP) is 0.767. The van der Waals surface area contributed by atoms with Gasteiger partial charge in [-0.2, -0.15) is 0 Å². The molecule has 1 rings (SSSR count). The number of unbranched alkanes of at least 4 members (excludes halogenated alkanes) is 1. The van der Waals surface area contributed by atoms with Crippen LogP contribution in [0.25, 0.3) is 0 Å². The zero-order valence-corrected chi connectivity index (χ0v) is 11.0. The standard InChI is InChI=1S/C12H23N3O3/c1-2-3-6-11(9-15(18)10-16)12(17)13-14-7-4-5-8-14/h10-11,18H,2-9H2,1H3,(H,13,17)/t11-/m1/s1. The molecule has 6 nitrogen and oxygen atoms in total. The molecule has 1 fully saturated rings. The minimum atomic E-state index is -0.347. The first-order valence-electron chi connectivity index (χ1n) is 6.63. The topological polar surface area (TPSA) is 72.9 Å². The molecule has 0 unspecified atom stereocenters. The van der Waals surface area contributed by atoms with Crippen LogP contribution in [0.2, 0.25) is 0 Å². The summed E-state index contributed by atoms with van der Waals surface area (Å²) in [7, 11) is 0. The Hall–Kier alpha value is -1.14. The van der Waals surface area contributed by atoms with Crippen molar-refractivity contribution in [3.05, 3.63) is 0 Å². The first-order chi connectivity index (χ1) is 8.67. The average molecular weight is 257 g/mol. The van der Waals surface area contributed by atoms with Crippen LogP contribution in [0.3, 0.4) is 0 Å². The molecule has 18 heavy (non-hydrogen) atoms. The highest BCUT2D eigenvalue weighted by Gasteiger charge is 2.23. The third-order valence-corrected chi connectivity index (χ3v) is 3.18. The van der Waals surface area contributed by atoms with Gasteiger partial charge in [-0.3, -0.25) is 20.2 Å². The summed E-state index contributed by atoms with van der Waals surface area (Å²) in [6.45, 7) is 3.86. The number of hydrogen-bond donors (Lipinski definition) is 2. The van der Waals surface area contributed by atoms with Crippen molar-refractivity contribution in [3.63, 3.8) is 0 Å². The minimum absolute atomic E-state index is 0.0587. The number of nitrogens with one attached hydrogen (secondary N) is 1. The van der Waals surface area contributed by atoms with Crippen LogP contribution in [-0.2, 0) is 9.59 Å². The summed E-state index contributed by atoms with van der Waals surface area (Å²) in [5.41, 5.74) is 2.86. The van der Waals surface area contributed by atoms with Gasteiger partial charge in [0.1, 0.15) is 0 Å². The van der Waals surface area contributed by atoms with Gasteiger partial charge in [-0.05, 0) is 19.3 Å². The van der Waals surface area contributed by atoms with Crippen LogP contribution >= 0.6 is 0 Å². The number of hydrazine groups is 1. The van der Waals surface area contributed by atoms with E-state index in [4.69, 9.17) is 0 Å². The van der Waals surface area contributed by atoms with Crippen LogP contribution in [0.15, 0.2) is 0 Å². The summed E-state index contributed by atoms with van der Waals surface area (Å²) in [5.74, 6) is -0.452. The van der Waals surface area contributed by atoms with Crippen molar-refractivity contribution >= 4 is 12.3 Å². The molecular formula is C12H23N3O3. The Morgan fingerprint density at radius 2 is 2.17 bits per heavy atom. The van der Waals surface area contributed by atoms with E-state index >= 15 is 0 Å². The molecule has 2 amide bonds. The lowest BCUT2D eigenvalue weighted by molar-refractivity contribution is -0.155. The van der Waals surface area contributed by atoms with E-state index in [2.05, 4.69) is 5.43 Å². The summed E-state index contributed by atoms with van der Waals surface area (Å²) in [5, 5.41) is 11.7. The van der Waals surface area contributed by atoms with E-state index in [1.807, 2.05) is 11.9 Å². The highest BCUT2D eigenvalue weighted by Crippen LogP contribution is 2.11. The Balaban J connectivity index is 2.45. The molecule has 1 aliphatic rings. The number of carbonyl (C=O) groups excluding carboxylic acids is 2. The molecule has 0 radical (unpaired) electrons. The van der Waals surface area contributed by atoms with Crippen molar-refractivity contribution < 1.29 is 14.8 Å². The number of hydroxylamine groups is 2. The van der Waals surface area contributed by atoms with Crippen LogP contribution in [0, 0.1) is 5.92 Å². The third-order valence-electron chi connectivity index (χ3n) is 3.18. The second kappa shape index (κ2) is 8.05. The molecule has 0 spiro atoms. The zero-order valence-electron chi connectivity index (χ0n) is 11.0. The predicted molar refractivity (Wildman–Crippen MR) is 66.5 cm³/mol. The van der Waals surface area contributed by atoms with Crippen LogP contribution in [0.1, 0.15) is 39.0 Å². The smallest absolute Gasteiger partial charge is 0.239 e. The van der Waals surface area contributed by atoms with Crippen molar-refractivity contribution in [2.45, 2.75) is 39.0 Å². The molecule has 2 N–H and O–H groups in total. The third kappa shape index (κ3) is 5.01. The van der Waals surface area contributed by atoms with Gasteiger partial charge in [-0.25, -0.2) is 10.1 Å². The van der Waals surface area contributed by atoms with Crippen molar-refractivity contribution in [2.75, 3.05) is 19.6 Å². The molecule has 0 saturated carbocycles. The van der Waals surface area contributed by atoms with E-state index < -0.39 is 0 Å². The highest BCUT2D eigenvalue weighted by atomic mass is 16.5. The maximum Gasteiger partial charge on any atom is 0.239 e. The number of carbonyl (C=O) groups is 2. The summed E-state index contributed by atoms with van der Waals surface area (Å²) in [6, 6.07) is 0. The van der Waals surface area contributed by atoms with Gasteiger partial charge >= 0.3 is 0 Å². The van der Waals surface area contributed by atoms with Crippen molar-refractivity contribution in [1.82, 2.24) is 15.5 Å². The van der Waals surface area contributed by atoms with E-state index in [1.54, 1.807) is 0 Å². The van der Waals surface area contributed by atoms with Crippen LogP contribution in [0.5, 0.6) is 0 Å². The normalized spacial score (nSPS) is 17.4. The molecule has 104 valence electrons. The summed E-state index contributed by atoms with van der Waals surface area (Å²) >= 11 is 0. The molecule has 1 aliphatic heterocycles. The Kier molecular flexibility index (Phi) is 6.67. The van der Waals surface area contributed by atoms with Gasteiger partial charge in [0.15, 0.2) is 0 Å². The number of amides is 2. The van der Waals surface area contributed by atoms with E-state index in [0.717, 1.165) is 38.8 Å². The van der Waals surface area contributed by atoms with Crippen LogP contribution in [-0.4, -0.2) is 47.2 Å². The van der Waals surface area contributed by atoms with Gasteiger partial charge in [0, 0.05) is 13.1 Å². The van der Waals surface area contributed by atoms with Gasteiger partial charge in [0.2, 0.25) is 12.3 Å². The quantitative estimate of drug-likeness (QED) is 0.383. The molecular weight excluding hydrogens is 234 g/mol. The monoisotopic (exact) mass is 257 g/mol. The maximum atomic E-state index is 12.1. The van der Waals surface area contributed by atoms with Gasteiger partial charge in [-0.15, -0.1) is 0 Å². The average Bonchev–Trinajstić information content (AvgIpc) is 2.86. The van der Waals surface area contributed by atoms with Gasteiger partial charge in [0.25, 0.3) is 0 Å². The lowest BCUT2D eigenvalue weighted by Gasteiger charge is -2.23. The van der Waals surface area contributed by atoms with E-state index in [9.17, 15) is 14.8 Å². The second-order valence-corrected chi connectivity index (χ2v) is 4.74. The molecule has 6 heteroatoms. The fourth-order valence-electron chi connectivity index (χ4n) is 2.10. The minimum Gasteiger partial charge on any atom is -0.289 e. The Morgan fingerprint density at radius 1 is 1.50 bits per heavy atom. The zero-order chi connectivity index (χ0) is 13.4. The number of hydrogen-bond acceptors (Lipinski definition) is 4. The van der Waals surface area contributed by atoms with Gasteiger partial charge in [-0.1, -0.05) is 19.8 Å². The van der Waals surface area contributed by atoms with Crippen molar-refractivity contribution in [1.29, 1.82) is 0 Å². The fourth-order valence-corrected chi connectivity index (χ4v) is 2.10. The van der Waals surface area contributed by atoms with E-state index in [0.29, 0.717) is 17.9 Å². The fraction of sp³-hybridized carbons (Fsp3) is 0.833. The molecule has 1 atom stereocenters. The molecule has 0 aromatic heterocycles. The Morgan fingerprint density at radius 3 is 2.72 bits per heavy atom. The summed E-state index contributed by atoms with van der Waals surface area (Å²) in [4.78, 5) is 22.5. The van der Waals surface area contributed by atoms with Gasteiger partial charge in [0.05, 0.1) is 12.5 Å². The first kappa shape index (κ1) is 14.9. The van der Waals surface area contributed by atoms with E-state index in [-0.39, 0.29) is 18.4 Å². The lowest BCUT2D eigenvalue weighted by atomic mass is 10.0. The van der Waals surface area contributed by atoms with E-state index in [1.165, 1.54) is 0 Å². The number of rotatable bonds is 8. The largest absolute Gasteiger partial charge is 0.289 e. The molecule has 0 aromatic carbocycles. The summed E-state index contributed by atoms with van der Waals surface area (Å²) in [6.07, 6.45) is 5.11. The Labute approximate surface area is 108 Å². The summed E-state index contributed by atoms with van der Waals surface area (Å²) < 4.78 is 0. The first-order valence-corrected chi connectivity index (χ1v) is 6.63. The molecule has 0 aromatic rings. The highest BCUT2D eigenvalue weighted by molar-refractivity contribution is 5.78. The second-order valence-electron chi connectivity index (χ2n) is 4.74. The number of nitrogens with zero attached hydrogens (tertiary/aromatic N) is 2. The maximum absolute atomic E-state index is 12.1. The van der Waals surface area contributed by atoms with Crippen LogP contribution in [0.4, 0.5) is 0 Å².